The molecule has 1 atom stereocenters. The van der Waals surface area contributed by atoms with Crippen LogP contribution in [0.2, 0.25) is 0 Å². The van der Waals surface area contributed by atoms with Crippen LogP contribution in [0, 0.1) is 11.3 Å². The molecule has 0 aliphatic carbocycles. The van der Waals surface area contributed by atoms with Crippen LogP contribution < -0.4 is 10.2 Å². The van der Waals surface area contributed by atoms with Gasteiger partial charge in [0.15, 0.2) is 6.29 Å². The van der Waals surface area contributed by atoms with E-state index < -0.39 is 0 Å². The zero-order valence-electron chi connectivity index (χ0n) is 18.5. The Morgan fingerprint density at radius 3 is 2.48 bits per heavy atom. The van der Waals surface area contributed by atoms with Gasteiger partial charge in [-0.2, -0.15) is 5.26 Å². The number of nitrogens with one attached hydrogen (secondary N) is 1. The van der Waals surface area contributed by atoms with Gasteiger partial charge in [0.25, 0.3) is 0 Å². The highest BCUT2D eigenvalue weighted by Gasteiger charge is 2.22. The third-order valence-corrected chi connectivity index (χ3v) is 7.33. The summed E-state index contributed by atoms with van der Waals surface area (Å²) in [5.74, 6) is 0.698. The van der Waals surface area contributed by atoms with E-state index in [0.29, 0.717) is 5.92 Å². The third kappa shape index (κ3) is 4.94. The van der Waals surface area contributed by atoms with Crippen LogP contribution in [0.5, 0.6) is 0 Å². The highest BCUT2D eigenvalue weighted by atomic mass is 32.1. The van der Waals surface area contributed by atoms with Gasteiger partial charge in [0.1, 0.15) is 6.54 Å². The Kier molecular flexibility index (Phi) is 6.41. The summed E-state index contributed by atoms with van der Waals surface area (Å²) >= 11 is 1.88. The monoisotopic (exact) mass is 453 g/mol. The number of aliphatic imine (C=N–C) groups is 1. The van der Waals surface area contributed by atoms with Crippen molar-refractivity contribution in [2.75, 3.05) is 29.9 Å². The Hall–Kier alpha value is -3.56. The van der Waals surface area contributed by atoms with E-state index in [1.165, 1.54) is 23.4 Å². The molecule has 1 unspecified atom stereocenters. The minimum atomic E-state index is -0.322. The summed E-state index contributed by atoms with van der Waals surface area (Å²) in [6.07, 6.45) is 6.00. The van der Waals surface area contributed by atoms with Crippen LogP contribution >= 0.6 is 11.3 Å². The quantitative estimate of drug-likeness (QED) is 0.489. The van der Waals surface area contributed by atoms with Gasteiger partial charge in [0.05, 0.1) is 11.8 Å². The van der Waals surface area contributed by atoms with Gasteiger partial charge < -0.3 is 15.1 Å². The van der Waals surface area contributed by atoms with Crippen molar-refractivity contribution in [3.05, 3.63) is 94.8 Å². The maximum Gasteiger partial charge on any atom is 0.197 e. The molecule has 0 saturated carbocycles. The van der Waals surface area contributed by atoms with Crippen LogP contribution in [-0.4, -0.2) is 36.5 Å². The van der Waals surface area contributed by atoms with Gasteiger partial charge in [-0.15, -0.1) is 11.3 Å². The predicted octanol–water partition coefficient (Wildman–Crippen LogP) is 5.67. The lowest BCUT2D eigenvalue weighted by molar-refractivity contribution is 0.339. The Balaban J connectivity index is 1.25. The molecule has 0 bridgehead atoms. The first-order chi connectivity index (χ1) is 16.3. The minimum absolute atomic E-state index is 0.275. The largest absolute Gasteiger partial charge is 0.371 e. The molecular formula is C27H27N5S. The molecule has 1 aromatic heterocycles. The molecule has 6 heteroatoms. The summed E-state index contributed by atoms with van der Waals surface area (Å²) < 4.78 is 0. The average Bonchev–Trinajstić information content (AvgIpc) is 3.42. The van der Waals surface area contributed by atoms with E-state index in [4.69, 9.17) is 4.99 Å². The molecule has 3 aromatic rings. The molecule has 2 aliphatic heterocycles. The van der Waals surface area contributed by atoms with E-state index in [9.17, 15) is 5.26 Å². The molecule has 33 heavy (non-hydrogen) atoms. The second-order valence-corrected chi connectivity index (χ2v) is 9.35. The smallest absolute Gasteiger partial charge is 0.197 e. The molecule has 5 rings (SSSR count). The molecule has 2 aromatic carbocycles. The summed E-state index contributed by atoms with van der Waals surface area (Å²) in [6.45, 7) is 2.45. The zero-order valence-corrected chi connectivity index (χ0v) is 19.3. The number of thiophene rings is 1. The second-order valence-electron chi connectivity index (χ2n) is 8.37. The molecule has 3 heterocycles. The lowest BCUT2D eigenvalue weighted by atomic mass is 9.95. The number of hydrogen-bond acceptors (Lipinski definition) is 6. The number of nitriles is 1. The molecule has 0 radical (unpaired) electrons. The van der Waals surface area contributed by atoms with Gasteiger partial charge in [-0.3, -0.25) is 0 Å². The van der Waals surface area contributed by atoms with Gasteiger partial charge in [0, 0.05) is 35.5 Å². The van der Waals surface area contributed by atoms with Crippen molar-refractivity contribution in [3.63, 3.8) is 0 Å². The topological polar surface area (TPSA) is 54.7 Å². The van der Waals surface area contributed by atoms with Crippen molar-refractivity contribution >= 4 is 28.4 Å². The summed E-state index contributed by atoms with van der Waals surface area (Å²) in [5.41, 5.74) is 4.23. The first-order valence-electron chi connectivity index (χ1n) is 11.4. The van der Waals surface area contributed by atoms with E-state index in [2.05, 4.69) is 70.2 Å². The van der Waals surface area contributed by atoms with Crippen molar-refractivity contribution in [1.29, 1.82) is 5.26 Å². The number of anilines is 2. The molecule has 1 saturated heterocycles. The van der Waals surface area contributed by atoms with Gasteiger partial charge in [-0.05, 0) is 66.1 Å². The van der Waals surface area contributed by atoms with E-state index in [0.717, 1.165) is 30.1 Å². The number of rotatable bonds is 6. The van der Waals surface area contributed by atoms with Crippen LogP contribution in [0.3, 0.4) is 0 Å². The lowest BCUT2D eigenvalue weighted by Gasteiger charge is -2.33. The summed E-state index contributed by atoms with van der Waals surface area (Å²) in [5, 5.41) is 14.9. The van der Waals surface area contributed by atoms with Crippen molar-refractivity contribution in [1.82, 2.24) is 4.90 Å². The summed E-state index contributed by atoms with van der Waals surface area (Å²) in [4.78, 5) is 10.8. The molecule has 0 spiro atoms. The van der Waals surface area contributed by atoms with Crippen LogP contribution in [-0.2, 0) is 0 Å². The lowest BCUT2D eigenvalue weighted by Crippen LogP contribution is -2.39. The van der Waals surface area contributed by atoms with Crippen molar-refractivity contribution < 1.29 is 0 Å². The Labute approximate surface area is 199 Å². The SMILES string of the molecule is N#CCN1C=CC(c2ccccc2)=NC1Nc1ccc(N2CCC(c3cccs3)CC2)cc1. The second kappa shape index (κ2) is 9.93. The normalized spacial score (nSPS) is 18.6. The van der Waals surface area contributed by atoms with Crippen LogP contribution in [0.25, 0.3) is 0 Å². The molecule has 0 amide bonds. The number of benzene rings is 2. The van der Waals surface area contributed by atoms with Crippen molar-refractivity contribution in [2.45, 2.75) is 25.0 Å². The maximum atomic E-state index is 9.24. The number of hydrogen-bond donors (Lipinski definition) is 1. The Bertz CT molecular complexity index is 1140. The molecule has 1 fully saturated rings. The van der Waals surface area contributed by atoms with E-state index in [1.54, 1.807) is 0 Å². The number of allylic oxidation sites excluding steroid dienone is 1. The van der Waals surface area contributed by atoms with Crippen molar-refractivity contribution in [2.24, 2.45) is 4.99 Å². The van der Waals surface area contributed by atoms with Crippen molar-refractivity contribution in [3.8, 4) is 6.07 Å². The first kappa shape index (κ1) is 21.3. The van der Waals surface area contributed by atoms with Gasteiger partial charge >= 0.3 is 0 Å². The Morgan fingerprint density at radius 2 is 1.79 bits per heavy atom. The zero-order chi connectivity index (χ0) is 22.5. The average molecular weight is 454 g/mol. The standard InChI is InChI=1S/C27H27N5S/c28-15-19-32-18-14-25(21-5-2-1-3-6-21)30-27(32)29-23-8-10-24(11-9-23)31-16-12-22(13-17-31)26-7-4-20-33-26/h1-11,14,18,20,22,27,29H,12-13,16-17,19H2. The van der Waals surface area contributed by atoms with Gasteiger partial charge in [-0.25, -0.2) is 4.99 Å². The predicted molar refractivity (Wildman–Crippen MR) is 137 cm³/mol. The summed E-state index contributed by atoms with van der Waals surface area (Å²) in [7, 11) is 0. The fourth-order valence-electron chi connectivity index (χ4n) is 4.48. The number of piperidine rings is 1. The molecule has 1 N–H and O–H groups in total. The first-order valence-corrected chi connectivity index (χ1v) is 12.3. The fraction of sp³-hybridized carbons (Fsp3) is 0.259. The van der Waals surface area contributed by atoms with E-state index in [1.807, 2.05) is 46.7 Å². The fourth-order valence-corrected chi connectivity index (χ4v) is 5.38. The third-order valence-electron chi connectivity index (χ3n) is 6.29. The molecular weight excluding hydrogens is 426 g/mol. The number of nitrogens with zero attached hydrogens (tertiary/aromatic N) is 4. The van der Waals surface area contributed by atoms with Crippen LogP contribution in [0.4, 0.5) is 11.4 Å². The Morgan fingerprint density at radius 1 is 1.00 bits per heavy atom. The van der Waals surface area contributed by atoms with Gasteiger partial charge in [-0.1, -0.05) is 36.4 Å². The highest BCUT2D eigenvalue weighted by molar-refractivity contribution is 7.10. The van der Waals surface area contributed by atoms with E-state index in [-0.39, 0.29) is 12.8 Å². The minimum Gasteiger partial charge on any atom is -0.371 e. The maximum absolute atomic E-state index is 9.24. The van der Waals surface area contributed by atoms with Gasteiger partial charge in [0.2, 0.25) is 0 Å². The molecule has 5 nitrogen and oxygen atoms in total. The van der Waals surface area contributed by atoms with Crippen LogP contribution in [0.15, 0.2) is 89.4 Å². The summed E-state index contributed by atoms with van der Waals surface area (Å²) in [6, 6.07) is 25.4. The molecule has 166 valence electrons. The van der Waals surface area contributed by atoms with Crippen LogP contribution in [0.1, 0.15) is 29.2 Å². The highest BCUT2D eigenvalue weighted by Crippen LogP contribution is 2.33. The molecule has 2 aliphatic rings. The van der Waals surface area contributed by atoms with E-state index >= 15 is 0 Å².